The van der Waals surface area contributed by atoms with Gasteiger partial charge >= 0.3 is 0 Å². The summed E-state index contributed by atoms with van der Waals surface area (Å²) in [6.45, 7) is 5.01. The standard InChI is InChI=1S/C20H31Cl/c1-3-13-4-6-17-16(13)8-9-19-18(17)7-5-14-12-15(21)10-11-20(14,19)2/h5,13,15-19H,3-4,6-12H2,1-2H3. The predicted octanol–water partition coefficient (Wildman–Crippen LogP) is 6.19. The van der Waals surface area contributed by atoms with Gasteiger partial charge in [-0.2, -0.15) is 0 Å². The molecule has 0 aromatic heterocycles. The van der Waals surface area contributed by atoms with E-state index in [0.29, 0.717) is 10.8 Å². The van der Waals surface area contributed by atoms with Crippen LogP contribution in [0.4, 0.5) is 0 Å². The molecule has 0 heterocycles. The molecule has 4 aliphatic carbocycles. The zero-order chi connectivity index (χ0) is 14.6. The summed E-state index contributed by atoms with van der Waals surface area (Å²) in [5.41, 5.74) is 2.24. The molecule has 1 heteroatoms. The van der Waals surface area contributed by atoms with Crippen LogP contribution in [-0.2, 0) is 0 Å². The van der Waals surface area contributed by atoms with Gasteiger partial charge in [0.15, 0.2) is 0 Å². The first-order chi connectivity index (χ1) is 10.1. The van der Waals surface area contributed by atoms with Crippen molar-refractivity contribution in [3.05, 3.63) is 11.6 Å². The Bertz CT molecular complexity index is 439. The molecule has 0 aromatic rings. The number of alkyl halides is 1. The van der Waals surface area contributed by atoms with Crippen molar-refractivity contribution in [1.29, 1.82) is 0 Å². The Morgan fingerprint density at radius 1 is 1.10 bits per heavy atom. The van der Waals surface area contributed by atoms with Gasteiger partial charge < -0.3 is 0 Å². The van der Waals surface area contributed by atoms with Crippen molar-refractivity contribution < 1.29 is 0 Å². The van der Waals surface area contributed by atoms with Crippen LogP contribution in [0.3, 0.4) is 0 Å². The van der Waals surface area contributed by atoms with E-state index in [9.17, 15) is 0 Å². The van der Waals surface area contributed by atoms with Crippen molar-refractivity contribution in [2.24, 2.45) is 35.0 Å². The van der Waals surface area contributed by atoms with Crippen LogP contribution in [0.1, 0.15) is 71.6 Å². The maximum absolute atomic E-state index is 6.46. The SMILES string of the molecule is CCC1CCC2C1CCC1C2CC=C2CC(Cl)CCC21C. The van der Waals surface area contributed by atoms with Crippen molar-refractivity contribution in [1.82, 2.24) is 0 Å². The Morgan fingerprint density at radius 3 is 2.71 bits per heavy atom. The van der Waals surface area contributed by atoms with Crippen LogP contribution >= 0.6 is 11.6 Å². The molecule has 0 N–H and O–H groups in total. The van der Waals surface area contributed by atoms with Gasteiger partial charge in [-0.3, -0.25) is 0 Å². The highest BCUT2D eigenvalue weighted by Crippen LogP contribution is 2.62. The summed E-state index contributed by atoms with van der Waals surface area (Å²) in [5, 5.41) is 0.410. The van der Waals surface area contributed by atoms with E-state index in [-0.39, 0.29) is 0 Å². The van der Waals surface area contributed by atoms with Crippen LogP contribution in [0, 0.1) is 35.0 Å². The van der Waals surface area contributed by atoms with Gasteiger partial charge in [0.05, 0.1) is 0 Å². The van der Waals surface area contributed by atoms with Crippen LogP contribution in [0.15, 0.2) is 11.6 Å². The van der Waals surface area contributed by atoms with Gasteiger partial charge in [0.2, 0.25) is 0 Å². The van der Waals surface area contributed by atoms with Crippen molar-refractivity contribution in [3.8, 4) is 0 Å². The second kappa shape index (κ2) is 5.29. The van der Waals surface area contributed by atoms with Gasteiger partial charge in [-0.05, 0) is 86.4 Å². The van der Waals surface area contributed by atoms with E-state index in [4.69, 9.17) is 11.6 Å². The molecule has 118 valence electrons. The lowest BCUT2D eigenvalue weighted by molar-refractivity contribution is 0.00590. The van der Waals surface area contributed by atoms with E-state index in [1.54, 1.807) is 5.57 Å². The minimum Gasteiger partial charge on any atom is -0.123 e. The summed E-state index contributed by atoms with van der Waals surface area (Å²) in [5.74, 6) is 5.14. The van der Waals surface area contributed by atoms with Gasteiger partial charge in [0.1, 0.15) is 0 Å². The Kier molecular flexibility index (Phi) is 3.68. The van der Waals surface area contributed by atoms with Crippen LogP contribution in [0.25, 0.3) is 0 Å². The first kappa shape index (κ1) is 14.6. The summed E-state index contributed by atoms with van der Waals surface area (Å²) in [4.78, 5) is 0. The molecule has 0 aromatic carbocycles. The number of halogens is 1. The van der Waals surface area contributed by atoms with Crippen LogP contribution in [-0.4, -0.2) is 5.38 Å². The molecule has 0 saturated heterocycles. The molecule has 0 nitrogen and oxygen atoms in total. The van der Waals surface area contributed by atoms with E-state index < -0.39 is 0 Å². The lowest BCUT2D eigenvalue weighted by atomic mass is 9.50. The minimum atomic E-state index is 0.410. The molecule has 0 amide bonds. The molecule has 0 radical (unpaired) electrons. The number of rotatable bonds is 1. The van der Waals surface area contributed by atoms with E-state index in [0.717, 1.165) is 29.6 Å². The highest BCUT2D eigenvalue weighted by molar-refractivity contribution is 6.20. The van der Waals surface area contributed by atoms with Crippen molar-refractivity contribution in [2.45, 2.75) is 77.0 Å². The zero-order valence-corrected chi connectivity index (χ0v) is 14.5. The highest BCUT2D eigenvalue weighted by Gasteiger charge is 2.53. The largest absolute Gasteiger partial charge is 0.123 e. The molecule has 21 heavy (non-hydrogen) atoms. The molecule has 7 unspecified atom stereocenters. The Morgan fingerprint density at radius 2 is 1.90 bits per heavy atom. The number of hydrogen-bond donors (Lipinski definition) is 0. The van der Waals surface area contributed by atoms with Crippen LogP contribution in [0.5, 0.6) is 0 Å². The van der Waals surface area contributed by atoms with Gasteiger partial charge in [0, 0.05) is 5.38 Å². The maximum Gasteiger partial charge on any atom is 0.0373 e. The molecule has 7 atom stereocenters. The third kappa shape index (κ3) is 2.15. The molecule has 3 saturated carbocycles. The second-order valence-corrected chi connectivity index (χ2v) is 9.26. The quantitative estimate of drug-likeness (QED) is 0.400. The average Bonchev–Trinajstić information content (AvgIpc) is 2.91. The summed E-state index contributed by atoms with van der Waals surface area (Å²) >= 11 is 6.46. The van der Waals surface area contributed by atoms with Gasteiger partial charge in [-0.25, -0.2) is 0 Å². The highest BCUT2D eigenvalue weighted by atomic mass is 35.5. The molecule has 0 aliphatic heterocycles. The van der Waals surface area contributed by atoms with Crippen LogP contribution in [0.2, 0.25) is 0 Å². The topological polar surface area (TPSA) is 0 Å². The third-order valence-electron chi connectivity index (χ3n) is 8.04. The smallest absolute Gasteiger partial charge is 0.0373 e. The maximum atomic E-state index is 6.46. The van der Waals surface area contributed by atoms with Crippen molar-refractivity contribution >= 4 is 11.6 Å². The van der Waals surface area contributed by atoms with Crippen molar-refractivity contribution in [2.75, 3.05) is 0 Å². The first-order valence-corrected chi connectivity index (χ1v) is 9.90. The fraction of sp³-hybridized carbons (Fsp3) is 0.900. The number of hydrogen-bond acceptors (Lipinski definition) is 0. The monoisotopic (exact) mass is 306 g/mol. The summed E-state index contributed by atoms with van der Waals surface area (Å²) < 4.78 is 0. The number of allylic oxidation sites excluding steroid dienone is 2. The van der Waals surface area contributed by atoms with Gasteiger partial charge in [-0.15, -0.1) is 11.6 Å². The van der Waals surface area contributed by atoms with Gasteiger partial charge in [0.25, 0.3) is 0 Å². The fourth-order valence-electron chi connectivity index (χ4n) is 6.90. The lowest BCUT2D eigenvalue weighted by Gasteiger charge is -2.55. The van der Waals surface area contributed by atoms with E-state index >= 15 is 0 Å². The molecule has 0 spiro atoms. The molecule has 4 aliphatic rings. The number of fused-ring (bicyclic) bond motifs is 5. The molecule has 3 fully saturated rings. The lowest BCUT2D eigenvalue weighted by Crippen LogP contribution is -2.47. The van der Waals surface area contributed by atoms with E-state index in [1.807, 2.05) is 0 Å². The normalized spacial score (nSPS) is 52.6. The third-order valence-corrected chi connectivity index (χ3v) is 8.41. The summed E-state index contributed by atoms with van der Waals surface area (Å²) in [6.07, 6.45) is 15.3. The Hall–Kier alpha value is 0.0300. The summed E-state index contributed by atoms with van der Waals surface area (Å²) in [6, 6.07) is 0. The predicted molar refractivity (Wildman–Crippen MR) is 90.5 cm³/mol. The average molecular weight is 307 g/mol. The first-order valence-electron chi connectivity index (χ1n) is 9.47. The summed E-state index contributed by atoms with van der Waals surface area (Å²) in [7, 11) is 0. The Labute approximate surface area is 135 Å². The molecule has 0 bridgehead atoms. The second-order valence-electron chi connectivity index (χ2n) is 8.64. The zero-order valence-electron chi connectivity index (χ0n) is 13.8. The molecular formula is C20H31Cl. The van der Waals surface area contributed by atoms with Gasteiger partial charge in [-0.1, -0.05) is 31.9 Å². The Balaban J connectivity index is 1.62. The minimum absolute atomic E-state index is 0.410. The van der Waals surface area contributed by atoms with E-state index in [1.165, 1.54) is 57.8 Å². The molecule has 4 rings (SSSR count). The molecular weight excluding hydrogens is 276 g/mol. The van der Waals surface area contributed by atoms with E-state index in [2.05, 4.69) is 19.9 Å². The van der Waals surface area contributed by atoms with Crippen LogP contribution < -0.4 is 0 Å². The van der Waals surface area contributed by atoms with Crippen molar-refractivity contribution in [3.63, 3.8) is 0 Å². The fourth-order valence-corrected chi connectivity index (χ4v) is 7.17.